The lowest BCUT2D eigenvalue weighted by Crippen LogP contribution is -2.38. The molecule has 0 aliphatic heterocycles. The first-order valence-electron chi connectivity index (χ1n) is 6.83. The molecule has 1 aromatic rings. The lowest BCUT2D eigenvalue weighted by molar-refractivity contribution is 0.272. The molecule has 2 saturated carbocycles. The molecule has 3 rings (SSSR count). The Kier molecular flexibility index (Phi) is 3.21. The van der Waals surface area contributed by atoms with E-state index in [1.165, 1.54) is 32.1 Å². The maximum Gasteiger partial charge on any atom is 0.105 e. The molecule has 3 nitrogen and oxygen atoms in total. The molecule has 1 heterocycles. The molecule has 2 fully saturated rings. The van der Waals surface area contributed by atoms with E-state index in [9.17, 15) is 0 Å². The second-order valence-corrected chi connectivity index (χ2v) is 5.82. The molecule has 94 valence electrons. The summed E-state index contributed by atoms with van der Waals surface area (Å²) in [7, 11) is 0. The maximum absolute atomic E-state index is 5.67. The molecule has 0 amide bonds. The highest BCUT2D eigenvalue weighted by atomic mass is 16.3. The van der Waals surface area contributed by atoms with Crippen LogP contribution in [0.2, 0.25) is 0 Å². The van der Waals surface area contributed by atoms with Crippen LogP contribution < -0.4 is 11.3 Å². The van der Waals surface area contributed by atoms with Crippen molar-refractivity contribution in [1.29, 1.82) is 0 Å². The monoisotopic (exact) mass is 234 g/mol. The number of furan rings is 1. The fraction of sp³-hybridized carbons (Fsp3) is 0.714. The average molecular weight is 234 g/mol. The summed E-state index contributed by atoms with van der Waals surface area (Å²) in [4.78, 5) is 0. The number of fused-ring (bicyclic) bond motifs is 2. The molecule has 0 saturated heterocycles. The zero-order chi connectivity index (χ0) is 11.7. The van der Waals surface area contributed by atoms with Crippen molar-refractivity contribution in [2.75, 3.05) is 0 Å². The first kappa shape index (κ1) is 11.3. The first-order valence-corrected chi connectivity index (χ1v) is 6.83. The van der Waals surface area contributed by atoms with Gasteiger partial charge in [-0.15, -0.1) is 0 Å². The summed E-state index contributed by atoms with van der Waals surface area (Å²) >= 11 is 0. The fourth-order valence-corrected chi connectivity index (χ4v) is 3.91. The smallest absolute Gasteiger partial charge is 0.105 e. The third kappa shape index (κ3) is 2.40. The van der Waals surface area contributed by atoms with Crippen LogP contribution >= 0.6 is 0 Å². The molecular formula is C14H22N2O. The lowest BCUT2D eigenvalue weighted by Gasteiger charge is -2.25. The number of rotatable bonds is 5. The number of nitrogens with one attached hydrogen (secondary N) is 1. The lowest BCUT2D eigenvalue weighted by atomic mass is 9.83. The fourth-order valence-electron chi connectivity index (χ4n) is 3.91. The van der Waals surface area contributed by atoms with Crippen LogP contribution in [0.25, 0.3) is 0 Å². The van der Waals surface area contributed by atoms with Crippen molar-refractivity contribution in [3.63, 3.8) is 0 Å². The van der Waals surface area contributed by atoms with Gasteiger partial charge in [0.05, 0.1) is 6.26 Å². The van der Waals surface area contributed by atoms with E-state index in [1.807, 2.05) is 12.1 Å². The van der Waals surface area contributed by atoms with Crippen molar-refractivity contribution < 1.29 is 4.42 Å². The van der Waals surface area contributed by atoms with Crippen LogP contribution in [0.1, 0.15) is 37.9 Å². The van der Waals surface area contributed by atoms with Gasteiger partial charge >= 0.3 is 0 Å². The van der Waals surface area contributed by atoms with Crippen molar-refractivity contribution in [3.05, 3.63) is 24.2 Å². The van der Waals surface area contributed by atoms with Gasteiger partial charge in [0.15, 0.2) is 0 Å². The standard InChI is InChI=1S/C14H22N2O/c15-16-13(9-14-2-1-5-17-14)8-12-7-10-3-4-11(12)6-10/h1-2,5,10-13,16H,3-4,6-9,15H2. The zero-order valence-corrected chi connectivity index (χ0v) is 10.3. The van der Waals surface area contributed by atoms with Gasteiger partial charge in [-0.1, -0.05) is 6.42 Å². The van der Waals surface area contributed by atoms with E-state index < -0.39 is 0 Å². The summed E-state index contributed by atoms with van der Waals surface area (Å²) in [6.07, 6.45) is 9.69. The van der Waals surface area contributed by atoms with Crippen molar-refractivity contribution in [2.45, 2.75) is 44.6 Å². The number of hydrogen-bond acceptors (Lipinski definition) is 3. The Morgan fingerprint density at radius 1 is 1.41 bits per heavy atom. The molecular weight excluding hydrogens is 212 g/mol. The molecule has 2 aliphatic rings. The molecule has 17 heavy (non-hydrogen) atoms. The zero-order valence-electron chi connectivity index (χ0n) is 10.3. The van der Waals surface area contributed by atoms with Gasteiger partial charge in [0, 0.05) is 12.5 Å². The van der Waals surface area contributed by atoms with Gasteiger partial charge in [-0.05, 0) is 55.6 Å². The highest BCUT2D eigenvalue weighted by molar-refractivity contribution is 5.01. The van der Waals surface area contributed by atoms with Crippen LogP contribution in [0.15, 0.2) is 22.8 Å². The van der Waals surface area contributed by atoms with E-state index in [1.54, 1.807) is 6.26 Å². The predicted octanol–water partition coefficient (Wildman–Crippen LogP) is 2.48. The van der Waals surface area contributed by atoms with E-state index in [-0.39, 0.29) is 0 Å². The summed E-state index contributed by atoms with van der Waals surface area (Å²) < 4.78 is 5.40. The highest BCUT2D eigenvalue weighted by Gasteiger charge is 2.40. The van der Waals surface area contributed by atoms with Gasteiger partial charge in [0.2, 0.25) is 0 Å². The molecule has 3 N–H and O–H groups in total. The van der Waals surface area contributed by atoms with E-state index >= 15 is 0 Å². The maximum atomic E-state index is 5.67. The van der Waals surface area contributed by atoms with Crippen LogP contribution in [0.5, 0.6) is 0 Å². The van der Waals surface area contributed by atoms with Gasteiger partial charge in [-0.2, -0.15) is 0 Å². The molecule has 4 unspecified atom stereocenters. The SMILES string of the molecule is NNC(Cc1ccco1)CC1CC2CCC1C2. The van der Waals surface area contributed by atoms with E-state index in [4.69, 9.17) is 10.3 Å². The number of hydrazine groups is 1. The van der Waals surface area contributed by atoms with Crippen molar-refractivity contribution >= 4 is 0 Å². The van der Waals surface area contributed by atoms with Crippen LogP contribution in [-0.2, 0) is 6.42 Å². The van der Waals surface area contributed by atoms with Crippen LogP contribution in [0.3, 0.4) is 0 Å². The minimum Gasteiger partial charge on any atom is -0.469 e. The van der Waals surface area contributed by atoms with E-state index in [0.717, 1.165) is 29.9 Å². The number of hydrogen-bond donors (Lipinski definition) is 2. The van der Waals surface area contributed by atoms with Gasteiger partial charge in [0.25, 0.3) is 0 Å². The molecule has 1 aromatic heterocycles. The van der Waals surface area contributed by atoms with Gasteiger partial charge in [0.1, 0.15) is 5.76 Å². The molecule has 2 aliphatic carbocycles. The molecule has 3 heteroatoms. The Labute approximate surface area is 103 Å². The van der Waals surface area contributed by atoms with Crippen LogP contribution in [-0.4, -0.2) is 6.04 Å². The summed E-state index contributed by atoms with van der Waals surface area (Å²) in [5, 5.41) is 0. The molecule has 4 atom stereocenters. The molecule has 0 spiro atoms. The average Bonchev–Trinajstić information content (AvgIpc) is 3.04. The third-order valence-electron chi connectivity index (χ3n) is 4.74. The Bertz CT molecular complexity index is 349. The Hall–Kier alpha value is -0.800. The predicted molar refractivity (Wildman–Crippen MR) is 67.1 cm³/mol. The van der Waals surface area contributed by atoms with Gasteiger partial charge in [-0.25, -0.2) is 0 Å². The summed E-state index contributed by atoms with van der Waals surface area (Å²) in [6, 6.07) is 4.34. The Morgan fingerprint density at radius 3 is 2.94 bits per heavy atom. The van der Waals surface area contributed by atoms with Gasteiger partial charge in [-0.3, -0.25) is 11.3 Å². The van der Waals surface area contributed by atoms with E-state index in [2.05, 4.69) is 5.43 Å². The normalized spacial score (nSPS) is 33.1. The topological polar surface area (TPSA) is 51.2 Å². The van der Waals surface area contributed by atoms with E-state index in [0.29, 0.717) is 6.04 Å². The first-order chi connectivity index (χ1) is 8.35. The largest absolute Gasteiger partial charge is 0.469 e. The van der Waals surface area contributed by atoms with Crippen LogP contribution in [0, 0.1) is 17.8 Å². The molecule has 2 bridgehead atoms. The van der Waals surface area contributed by atoms with Crippen LogP contribution in [0.4, 0.5) is 0 Å². The number of nitrogens with two attached hydrogens (primary N) is 1. The van der Waals surface area contributed by atoms with Gasteiger partial charge < -0.3 is 4.42 Å². The second kappa shape index (κ2) is 4.83. The summed E-state index contributed by atoms with van der Waals surface area (Å²) in [6.45, 7) is 0. The van der Waals surface area contributed by atoms with Crippen molar-refractivity contribution in [2.24, 2.45) is 23.6 Å². The second-order valence-electron chi connectivity index (χ2n) is 5.82. The summed E-state index contributed by atoms with van der Waals surface area (Å²) in [5.41, 5.74) is 2.97. The Balaban J connectivity index is 1.55. The summed E-state index contributed by atoms with van der Waals surface area (Å²) in [5.74, 6) is 9.60. The highest BCUT2D eigenvalue weighted by Crippen LogP contribution is 2.49. The quantitative estimate of drug-likeness (QED) is 0.608. The third-order valence-corrected chi connectivity index (χ3v) is 4.74. The Morgan fingerprint density at radius 2 is 2.35 bits per heavy atom. The minimum atomic E-state index is 0.366. The van der Waals surface area contributed by atoms with Crippen molar-refractivity contribution in [3.8, 4) is 0 Å². The minimum absolute atomic E-state index is 0.366. The van der Waals surface area contributed by atoms with Crippen molar-refractivity contribution in [1.82, 2.24) is 5.43 Å². The molecule has 0 radical (unpaired) electrons. The molecule has 0 aromatic carbocycles.